The van der Waals surface area contributed by atoms with Crippen molar-refractivity contribution in [3.8, 4) is 11.1 Å². The van der Waals surface area contributed by atoms with Gasteiger partial charge in [0.25, 0.3) is 0 Å². The maximum Gasteiger partial charge on any atom is 0.321 e. The predicted molar refractivity (Wildman–Crippen MR) is 95.5 cm³/mol. The Morgan fingerprint density at radius 1 is 0.727 bits per heavy atom. The van der Waals surface area contributed by atoms with Crippen LogP contribution in [-0.4, -0.2) is 6.85 Å². The van der Waals surface area contributed by atoms with Crippen LogP contribution >= 0.6 is 0 Å². The Balaban J connectivity index is 1.93. The molecule has 0 unspecified atom stereocenters. The number of anilines is 1. The molecule has 0 aromatic heterocycles. The van der Waals surface area contributed by atoms with Crippen LogP contribution in [0, 0.1) is 0 Å². The average molecular weight is 279 g/mol. The molecule has 0 aliphatic carbocycles. The third-order valence-corrected chi connectivity index (χ3v) is 4.69. The van der Waals surface area contributed by atoms with Gasteiger partial charge in [-0.3, -0.25) is 0 Å². The second kappa shape index (κ2) is 4.38. The molecule has 1 nitrogen and oxygen atoms in total. The molecule has 0 bridgehead atoms. The molecule has 2 aliphatic heterocycles. The highest BCUT2D eigenvalue weighted by Crippen LogP contribution is 2.37. The van der Waals surface area contributed by atoms with Crippen molar-refractivity contribution in [2.75, 3.05) is 4.81 Å². The van der Waals surface area contributed by atoms with Crippen molar-refractivity contribution in [1.29, 1.82) is 0 Å². The number of para-hydroxylation sites is 1. The number of nitrogens with zero attached hydrogens (tertiary/aromatic N) is 1. The maximum absolute atomic E-state index is 2.38. The third-order valence-electron chi connectivity index (χ3n) is 4.69. The zero-order valence-corrected chi connectivity index (χ0v) is 12.1. The average Bonchev–Trinajstić information content (AvgIpc) is 2.61. The number of hydrogen-bond acceptors (Lipinski definition) is 1. The lowest BCUT2D eigenvalue weighted by atomic mass is 9.48. The smallest absolute Gasteiger partial charge is 0.321 e. The van der Waals surface area contributed by atoms with Gasteiger partial charge in [-0.2, -0.15) is 0 Å². The molecule has 2 heteroatoms. The van der Waals surface area contributed by atoms with Gasteiger partial charge in [0, 0.05) is 11.3 Å². The minimum atomic E-state index is 0.279. The van der Waals surface area contributed by atoms with Crippen LogP contribution in [-0.2, 0) is 0 Å². The fraction of sp³-hybridized carbons (Fsp3) is 0. The van der Waals surface area contributed by atoms with Crippen LogP contribution in [0.25, 0.3) is 21.9 Å². The number of allylic oxidation sites excluding steroid dienone is 2. The summed E-state index contributed by atoms with van der Waals surface area (Å²) in [5, 5.41) is 2.66. The highest BCUT2D eigenvalue weighted by atomic mass is 15.1. The Bertz CT molecular complexity index is 955. The first kappa shape index (κ1) is 11.9. The maximum atomic E-state index is 2.38. The standard InChI is InChI=1S/C20H14BN/c1-2-8-16-15(7-1)11-12-18-17-9-3-4-10-19(17)22-14-6-5-13-21(22)20(16)18/h1-14H. The number of fused-ring (bicyclic) bond motifs is 8. The first-order valence-corrected chi connectivity index (χ1v) is 7.68. The SMILES string of the molecule is C1=CB2c3c(ccc4ccccc34)-c3ccccc3N2C=C1. The van der Waals surface area contributed by atoms with Gasteiger partial charge in [-0.05, 0) is 40.1 Å². The van der Waals surface area contributed by atoms with E-state index < -0.39 is 0 Å². The zero-order valence-electron chi connectivity index (χ0n) is 12.1. The molecule has 3 aromatic carbocycles. The van der Waals surface area contributed by atoms with E-state index in [1.807, 2.05) is 0 Å². The summed E-state index contributed by atoms with van der Waals surface area (Å²) in [5.74, 6) is 2.29. The molecule has 3 aromatic rings. The normalized spacial score (nSPS) is 14.7. The molecule has 0 atom stereocenters. The molecule has 5 rings (SSSR count). The Kier molecular flexibility index (Phi) is 2.36. The van der Waals surface area contributed by atoms with Gasteiger partial charge in [0.1, 0.15) is 0 Å². The van der Waals surface area contributed by atoms with Crippen molar-refractivity contribution >= 4 is 28.8 Å². The molecule has 102 valence electrons. The Morgan fingerprint density at radius 2 is 1.59 bits per heavy atom. The fourth-order valence-corrected chi connectivity index (χ4v) is 3.74. The Hall–Kier alpha value is -2.74. The van der Waals surface area contributed by atoms with E-state index in [9.17, 15) is 0 Å². The zero-order chi connectivity index (χ0) is 14.5. The predicted octanol–water partition coefficient (Wildman–Crippen LogP) is 4.15. The summed E-state index contributed by atoms with van der Waals surface area (Å²) in [6.07, 6.45) is 6.46. The second-order valence-electron chi connectivity index (χ2n) is 5.84. The van der Waals surface area contributed by atoms with Gasteiger partial charge in [-0.1, -0.05) is 66.6 Å². The molecule has 0 radical (unpaired) electrons. The lowest BCUT2D eigenvalue weighted by Crippen LogP contribution is -2.49. The minimum absolute atomic E-state index is 0.279. The van der Waals surface area contributed by atoms with Crippen LogP contribution in [0.3, 0.4) is 0 Å². The summed E-state index contributed by atoms with van der Waals surface area (Å²) in [6, 6.07) is 21.9. The second-order valence-corrected chi connectivity index (χ2v) is 5.84. The van der Waals surface area contributed by atoms with Crippen molar-refractivity contribution in [3.05, 3.63) is 85.0 Å². The molecule has 22 heavy (non-hydrogen) atoms. The van der Waals surface area contributed by atoms with Crippen LogP contribution in [0.5, 0.6) is 0 Å². The van der Waals surface area contributed by atoms with Crippen molar-refractivity contribution in [2.45, 2.75) is 0 Å². The third kappa shape index (κ3) is 1.50. The van der Waals surface area contributed by atoms with E-state index in [2.05, 4.69) is 89.8 Å². The lowest BCUT2D eigenvalue weighted by Gasteiger charge is -2.36. The number of rotatable bonds is 0. The van der Waals surface area contributed by atoms with Crippen molar-refractivity contribution in [1.82, 2.24) is 0 Å². The number of benzene rings is 3. The summed E-state index contributed by atoms with van der Waals surface area (Å²) in [6.45, 7) is 0.279. The summed E-state index contributed by atoms with van der Waals surface area (Å²) >= 11 is 0. The van der Waals surface area contributed by atoms with Gasteiger partial charge >= 0.3 is 6.85 Å². The minimum Gasteiger partial charge on any atom is -0.383 e. The topological polar surface area (TPSA) is 3.24 Å². The van der Waals surface area contributed by atoms with Gasteiger partial charge in [-0.15, -0.1) is 0 Å². The first-order valence-electron chi connectivity index (χ1n) is 7.68. The number of hydrogen-bond donors (Lipinski definition) is 0. The fourth-order valence-electron chi connectivity index (χ4n) is 3.74. The van der Waals surface area contributed by atoms with E-state index in [1.54, 1.807) is 0 Å². The quantitative estimate of drug-likeness (QED) is 0.559. The molecule has 0 amide bonds. The van der Waals surface area contributed by atoms with E-state index in [0.717, 1.165) is 0 Å². The van der Waals surface area contributed by atoms with Crippen LogP contribution in [0.1, 0.15) is 0 Å². The van der Waals surface area contributed by atoms with E-state index >= 15 is 0 Å². The molecule has 2 aliphatic rings. The Morgan fingerprint density at radius 3 is 2.59 bits per heavy atom. The highest BCUT2D eigenvalue weighted by Gasteiger charge is 2.33. The van der Waals surface area contributed by atoms with E-state index in [0.29, 0.717) is 0 Å². The van der Waals surface area contributed by atoms with Gasteiger partial charge in [0.15, 0.2) is 0 Å². The molecular formula is C20H14BN. The van der Waals surface area contributed by atoms with E-state index in [1.165, 1.54) is 33.0 Å². The molecule has 0 fully saturated rings. The van der Waals surface area contributed by atoms with Crippen LogP contribution in [0.15, 0.2) is 85.0 Å². The molecule has 2 heterocycles. The first-order chi connectivity index (χ1) is 10.9. The van der Waals surface area contributed by atoms with Gasteiger partial charge in [0.2, 0.25) is 0 Å². The van der Waals surface area contributed by atoms with Crippen molar-refractivity contribution in [2.24, 2.45) is 0 Å². The molecule has 0 spiro atoms. The molecule has 0 saturated heterocycles. The molecule has 0 N–H and O–H groups in total. The Labute approximate surface area is 130 Å². The molecular weight excluding hydrogens is 265 g/mol. The monoisotopic (exact) mass is 279 g/mol. The largest absolute Gasteiger partial charge is 0.383 e. The lowest BCUT2D eigenvalue weighted by molar-refractivity contribution is 1.36. The van der Waals surface area contributed by atoms with Gasteiger partial charge in [0.05, 0.1) is 0 Å². The molecule has 0 saturated carbocycles. The highest BCUT2D eigenvalue weighted by molar-refractivity contribution is 6.85. The van der Waals surface area contributed by atoms with Crippen molar-refractivity contribution < 1.29 is 0 Å². The van der Waals surface area contributed by atoms with Gasteiger partial charge in [-0.25, -0.2) is 0 Å². The summed E-state index contributed by atoms with van der Waals surface area (Å²) in [4.78, 5) is 2.38. The van der Waals surface area contributed by atoms with Crippen LogP contribution in [0.2, 0.25) is 0 Å². The summed E-state index contributed by atoms with van der Waals surface area (Å²) in [5.41, 5.74) is 5.38. The van der Waals surface area contributed by atoms with E-state index in [-0.39, 0.29) is 6.85 Å². The van der Waals surface area contributed by atoms with Crippen molar-refractivity contribution in [3.63, 3.8) is 0 Å². The van der Waals surface area contributed by atoms with Gasteiger partial charge < -0.3 is 4.81 Å². The van der Waals surface area contributed by atoms with Crippen LogP contribution in [0.4, 0.5) is 5.69 Å². The van der Waals surface area contributed by atoms with Crippen LogP contribution < -0.4 is 10.3 Å². The summed E-state index contributed by atoms with van der Waals surface area (Å²) in [7, 11) is 0. The van der Waals surface area contributed by atoms with E-state index in [4.69, 9.17) is 0 Å². The summed E-state index contributed by atoms with van der Waals surface area (Å²) < 4.78 is 0.